The fraction of sp³-hybridized carbons (Fsp3) is 0.533. The lowest BCUT2D eigenvalue weighted by molar-refractivity contribution is -0.384. The van der Waals surface area contributed by atoms with Gasteiger partial charge in [0, 0.05) is 18.2 Å². The van der Waals surface area contributed by atoms with Crippen molar-refractivity contribution in [1.29, 1.82) is 0 Å². The summed E-state index contributed by atoms with van der Waals surface area (Å²) < 4.78 is 0. The quantitative estimate of drug-likeness (QED) is 0.681. The molecule has 1 aromatic rings. The summed E-state index contributed by atoms with van der Waals surface area (Å²) in [7, 11) is 0. The van der Waals surface area contributed by atoms with Gasteiger partial charge >= 0.3 is 0 Å². The number of carbonyl (C=O) groups excluding carboxylic acids is 1. The minimum atomic E-state index is -0.530. The molecule has 1 aliphatic rings. The Hall–Kier alpha value is -1.62. The van der Waals surface area contributed by atoms with Crippen molar-refractivity contribution in [3.63, 3.8) is 0 Å². The van der Waals surface area contributed by atoms with Crippen LogP contribution in [0.15, 0.2) is 18.2 Å². The molecule has 2 unspecified atom stereocenters. The third-order valence-corrected chi connectivity index (χ3v) is 4.23. The summed E-state index contributed by atoms with van der Waals surface area (Å²) in [5, 5.41) is 13.8. The van der Waals surface area contributed by atoms with Crippen molar-refractivity contribution >= 4 is 23.2 Å². The highest BCUT2D eigenvalue weighted by Crippen LogP contribution is 2.29. The predicted octanol–water partition coefficient (Wildman–Crippen LogP) is 3.80. The minimum Gasteiger partial charge on any atom is -0.349 e. The number of nitro groups is 1. The van der Waals surface area contributed by atoms with E-state index in [0.29, 0.717) is 11.8 Å². The number of nitro benzene ring substituents is 1. The van der Waals surface area contributed by atoms with Crippen molar-refractivity contribution < 1.29 is 9.72 Å². The molecule has 1 N–H and O–H groups in total. The molecule has 6 heteroatoms. The third kappa shape index (κ3) is 3.94. The molecular formula is C15H19ClN2O3. The van der Waals surface area contributed by atoms with Crippen LogP contribution in [0.2, 0.25) is 5.02 Å². The Labute approximate surface area is 128 Å². The van der Waals surface area contributed by atoms with Crippen molar-refractivity contribution in [2.24, 2.45) is 11.8 Å². The molecule has 0 aliphatic heterocycles. The monoisotopic (exact) mass is 310 g/mol. The number of carbonyl (C=O) groups is 1. The second-order valence-electron chi connectivity index (χ2n) is 6.01. The van der Waals surface area contributed by atoms with E-state index in [4.69, 9.17) is 11.6 Å². The smallest absolute Gasteiger partial charge is 0.270 e. The Balaban J connectivity index is 2.08. The average Bonchev–Trinajstić information content (AvgIpc) is 2.36. The fourth-order valence-corrected chi connectivity index (χ4v) is 3.39. The van der Waals surface area contributed by atoms with Crippen molar-refractivity contribution in [3.8, 4) is 0 Å². The summed E-state index contributed by atoms with van der Waals surface area (Å²) in [6, 6.07) is 4.06. The summed E-state index contributed by atoms with van der Waals surface area (Å²) in [6.07, 6.45) is 3.10. The molecule has 2 rings (SSSR count). The molecule has 0 aromatic heterocycles. The van der Waals surface area contributed by atoms with E-state index in [9.17, 15) is 14.9 Å². The number of halogens is 1. The molecule has 0 spiro atoms. The number of nitrogens with one attached hydrogen (secondary N) is 1. The van der Waals surface area contributed by atoms with Gasteiger partial charge in [-0.25, -0.2) is 0 Å². The van der Waals surface area contributed by atoms with Crippen LogP contribution in [0.4, 0.5) is 5.69 Å². The average molecular weight is 311 g/mol. The van der Waals surface area contributed by atoms with E-state index in [-0.39, 0.29) is 28.2 Å². The van der Waals surface area contributed by atoms with Crippen LogP contribution in [0.25, 0.3) is 0 Å². The molecule has 1 amide bonds. The first-order valence-corrected chi connectivity index (χ1v) is 7.49. The number of benzene rings is 1. The van der Waals surface area contributed by atoms with Gasteiger partial charge in [-0.15, -0.1) is 0 Å². The largest absolute Gasteiger partial charge is 0.349 e. The van der Waals surface area contributed by atoms with Crippen molar-refractivity contribution in [2.75, 3.05) is 0 Å². The van der Waals surface area contributed by atoms with Crippen LogP contribution in [0.1, 0.15) is 43.5 Å². The van der Waals surface area contributed by atoms with E-state index in [1.807, 2.05) is 0 Å². The normalized spacial score (nSPS) is 25.4. The molecule has 2 atom stereocenters. The van der Waals surface area contributed by atoms with Crippen LogP contribution in [-0.2, 0) is 0 Å². The van der Waals surface area contributed by atoms with Gasteiger partial charge in [0.15, 0.2) is 0 Å². The van der Waals surface area contributed by atoms with Gasteiger partial charge in [0.25, 0.3) is 11.6 Å². The van der Waals surface area contributed by atoms with Gasteiger partial charge in [0.1, 0.15) is 0 Å². The molecule has 1 aromatic carbocycles. The zero-order valence-electron chi connectivity index (χ0n) is 12.1. The molecule has 1 aliphatic carbocycles. The van der Waals surface area contributed by atoms with E-state index in [0.717, 1.165) is 12.8 Å². The van der Waals surface area contributed by atoms with Gasteiger partial charge in [-0.2, -0.15) is 0 Å². The topological polar surface area (TPSA) is 72.2 Å². The Kier molecular flexibility index (Phi) is 4.83. The molecule has 0 bridgehead atoms. The number of amides is 1. The van der Waals surface area contributed by atoms with Crippen LogP contribution in [0.5, 0.6) is 0 Å². The van der Waals surface area contributed by atoms with Crippen LogP contribution in [0, 0.1) is 22.0 Å². The second-order valence-corrected chi connectivity index (χ2v) is 6.42. The highest BCUT2D eigenvalue weighted by Gasteiger charge is 2.26. The maximum Gasteiger partial charge on any atom is 0.270 e. The molecule has 0 heterocycles. The Bertz CT molecular complexity index is 552. The Morgan fingerprint density at radius 1 is 1.29 bits per heavy atom. The fourth-order valence-electron chi connectivity index (χ4n) is 3.13. The van der Waals surface area contributed by atoms with E-state index < -0.39 is 4.92 Å². The first kappa shape index (κ1) is 15.8. The van der Waals surface area contributed by atoms with E-state index in [2.05, 4.69) is 19.2 Å². The lowest BCUT2D eigenvalue weighted by Gasteiger charge is -2.32. The number of hydrogen-bond donors (Lipinski definition) is 1. The lowest BCUT2D eigenvalue weighted by atomic mass is 9.80. The van der Waals surface area contributed by atoms with Gasteiger partial charge in [0.2, 0.25) is 0 Å². The molecule has 1 saturated carbocycles. The second kappa shape index (κ2) is 6.43. The van der Waals surface area contributed by atoms with Gasteiger partial charge in [-0.05, 0) is 37.2 Å². The van der Waals surface area contributed by atoms with Crippen LogP contribution in [-0.4, -0.2) is 16.9 Å². The molecule has 114 valence electrons. The van der Waals surface area contributed by atoms with Crippen molar-refractivity contribution in [2.45, 2.75) is 39.2 Å². The number of hydrogen-bond acceptors (Lipinski definition) is 3. The van der Waals surface area contributed by atoms with Crippen molar-refractivity contribution in [3.05, 3.63) is 38.9 Å². The molecule has 21 heavy (non-hydrogen) atoms. The zero-order chi connectivity index (χ0) is 15.6. The lowest BCUT2D eigenvalue weighted by Crippen LogP contribution is -2.40. The Morgan fingerprint density at radius 2 is 1.90 bits per heavy atom. The Morgan fingerprint density at radius 3 is 2.43 bits per heavy atom. The van der Waals surface area contributed by atoms with Gasteiger partial charge in [-0.3, -0.25) is 14.9 Å². The van der Waals surface area contributed by atoms with Gasteiger partial charge < -0.3 is 5.32 Å². The highest BCUT2D eigenvalue weighted by atomic mass is 35.5. The van der Waals surface area contributed by atoms with E-state index in [1.165, 1.54) is 24.6 Å². The molecule has 0 saturated heterocycles. The third-order valence-electron chi connectivity index (χ3n) is 3.92. The first-order valence-electron chi connectivity index (χ1n) is 7.11. The molecule has 1 fully saturated rings. The van der Waals surface area contributed by atoms with Crippen molar-refractivity contribution in [1.82, 2.24) is 5.32 Å². The van der Waals surface area contributed by atoms with E-state index >= 15 is 0 Å². The van der Waals surface area contributed by atoms with Crippen LogP contribution in [0.3, 0.4) is 0 Å². The summed E-state index contributed by atoms with van der Waals surface area (Å²) in [6.45, 7) is 4.38. The molecule has 0 radical (unpaired) electrons. The minimum absolute atomic E-state index is 0.110. The first-order chi connectivity index (χ1) is 9.86. The maximum atomic E-state index is 12.3. The van der Waals surface area contributed by atoms with E-state index in [1.54, 1.807) is 0 Å². The summed E-state index contributed by atoms with van der Waals surface area (Å²) in [5.41, 5.74) is 0.171. The number of non-ortho nitro benzene ring substituents is 1. The standard InChI is InChI=1S/C15H19ClN2O3/c1-9-5-10(2)7-11(6-9)17-15(19)13-4-3-12(18(20)21)8-14(13)16/h3-4,8-11H,5-7H2,1-2H3,(H,17,19). The SMILES string of the molecule is CC1CC(C)CC(NC(=O)c2ccc([N+](=O)[O-])cc2Cl)C1. The number of nitrogens with zero attached hydrogens (tertiary/aromatic N) is 1. The molecular weight excluding hydrogens is 292 g/mol. The van der Waals surface area contributed by atoms with Gasteiger partial charge in [0.05, 0.1) is 15.5 Å². The zero-order valence-corrected chi connectivity index (χ0v) is 12.9. The number of rotatable bonds is 3. The summed E-state index contributed by atoms with van der Waals surface area (Å²) in [4.78, 5) is 22.4. The van der Waals surface area contributed by atoms with Crippen LogP contribution < -0.4 is 5.32 Å². The molecule has 5 nitrogen and oxygen atoms in total. The van der Waals surface area contributed by atoms with Crippen LogP contribution >= 0.6 is 11.6 Å². The predicted molar refractivity (Wildman–Crippen MR) is 81.5 cm³/mol. The maximum absolute atomic E-state index is 12.3. The highest BCUT2D eigenvalue weighted by molar-refractivity contribution is 6.34. The van der Waals surface area contributed by atoms with Gasteiger partial charge in [-0.1, -0.05) is 25.4 Å². The summed E-state index contributed by atoms with van der Waals surface area (Å²) >= 11 is 5.98. The summed E-state index contributed by atoms with van der Waals surface area (Å²) in [5.74, 6) is 0.916.